The van der Waals surface area contributed by atoms with Crippen molar-refractivity contribution >= 4 is 11.8 Å². The second-order valence-electron chi connectivity index (χ2n) is 3.66. The zero-order valence-electron chi connectivity index (χ0n) is 9.73. The maximum atomic E-state index is 11.7. The average molecular weight is 244 g/mol. The van der Waals surface area contributed by atoms with Gasteiger partial charge < -0.3 is 4.98 Å². The summed E-state index contributed by atoms with van der Waals surface area (Å²) in [6.45, 7) is 1.79. The number of nitrogens with zero attached hydrogens (tertiary/aromatic N) is 1. The molecule has 0 radical (unpaired) electrons. The van der Waals surface area contributed by atoms with Gasteiger partial charge in [-0.3, -0.25) is 20.4 Å². The smallest absolute Gasteiger partial charge is 0.288 e. The molecule has 0 bridgehead atoms. The van der Waals surface area contributed by atoms with E-state index in [4.69, 9.17) is 0 Å². The third-order valence-corrected chi connectivity index (χ3v) is 2.25. The van der Waals surface area contributed by atoms with Crippen LogP contribution >= 0.6 is 0 Å². The standard InChI is InChI=1S/C12H12N4O2/c1-8-4-2-5-10(14-8)12(18)16-15-11(17)9-6-3-7-13-9/h2-7,13H,1H3,(H,15,17)(H,16,18). The fourth-order valence-electron chi connectivity index (χ4n) is 1.39. The van der Waals surface area contributed by atoms with Crippen molar-refractivity contribution in [3.63, 3.8) is 0 Å². The number of H-pyrrole nitrogens is 1. The number of amides is 2. The summed E-state index contributed by atoms with van der Waals surface area (Å²) in [6, 6.07) is 8.38. The number of aromatic amines is 1. The Morgan fingerprint density at radius 3 is 2.56 bits per heavy atom. The highest BCUT2D eigenvalue weighted by atomic mass is 16.2. The number of rotatable bonds is 2. The molecule has 0 aliphatic rings. The van der Waals surface area contributed by atoms with Crippen LogP contribution in [-0.2, 0) is 0 Å². The Labute approximate surface area is 103 Å². The van der Waals surface area contributed by atoms with Crippen LogP contribution in [0.1, 0.15) is 26.7 Å². The Bertz CT molecular complexity index is 563. The molecule has 0 atom stereocenters. The normalized spacial score (nSPS) is 9.83. The molecule has 0 spiro atoms. The van der Waals surface area contributed by atoms with E-state index in [0.717, 1.165) is 5.69 Å². The van der Waals surface area contributed by atoms with Gasteiger partial charge >= 0.3 is 0 Å². The van der Waals surface area contributed by atoms with E-state index < -0.39 is 11.8 Å². The van der Waals surface area contributed by atoms with E-state index in [1.807, 2.05) is 0 Å². The second kappa shape index (κ2) is 5.13. The molecule has 2 heterocycles. The highest BCUT2D eigenvalue weighted by Crippen LogP contribution is 1.97. The van der Waals surface area contributed by atoms with Gasteiger partial charge in [0, 0.05) is 11.9 Å². The first-order chi connectivity index (χ1) is 8.66. The van der Waals surface area contributed by atoms with Gasteiger partial charge in [0.1, 0.15) is 11.4 Å². The minimum atomic E-state index is -0.460. The SMILES string of the molecule is Cc1cccc(C(=O)NNC(=O)c2ccc[nH]2)n1. The monoisotopic (exact) mass is 244 g/mol. The van der Waals surface area contributed by atoms with Gasteiger partial charge in [-0.1, -0.05) is 6.07 Å². The summed E-state index contributed by atoms with van der Waals surface area (Å²) in [6.07, 6.45) is 1.62. The molecule has 2 aromatic rings. The summed E-state index contributed by atoms with van der Waals surface area (Å²) in [4.78, 5) is 30.0. The number of aromatic nitrogens is 2. The fraction of sp³-hybridized carbons (Fsp3) is 0.0833. The number of hydrazine groups is 1. The first kappa shape index (κ1) is 11.8. The van der Waals surface area contributed by atoms with E-state index in [9.17, 15) is 9.59 Å². The maximum Gasteiger partial charge on any atom is 0.288 e. The predicted molar refractivity (Wildman–Crippen MR) is 64.7 cm³/mol. The summed E-state index contributed by atoms with van der Waals surface area (Å²) in [7, 11) is 0. The lowest BCUT2D eigenvalue weighted by Crippen LogP contribution is -2.42. The molecular weight excluding hydrogens is 232 g/mol. The minimum Gasteiger partial charge on any atom is -0.357 e. The van der Waals surface area contributed by atoms with Gasteiger partial charge in [-0.15, -0.1) is 0 Å². The molecule has 2 amide bonds. The van der Waals surface area contributed by atoms with Crippen molar-refractivity contribution in [1.82, 2.24) is 20.8 Å². The lowest BCUT2D eigenvalue weighted by Gasteiger charge is -2.06. The third kappa shape index (κ3) is 2.73. The van der Waals surface area contributed by atoms with Crippen molar-refractivity contribution in [3.8, 4) is 0 Å². The number of carbonyl (C=O) groups excluding carboxylic acids is 2. The Kier molecular flexibility index (Phi) is 3.38. The largest absolute Gasteiger partial charge is 0.357 e. The summed E-state index contributed by atoms with van der Waals surface area (Å²) in [5.74, 6) is -0.875. The molecule has 0 aromatic carbocycles. The molecule has 2 aromatic heterocycles. The van der Waals surface area contributed by atoms with Gasteiger partial charge in [-0.2, -0.15) is 0 Å². The van der Waals surface area contributed by atoms with Gasteiger partial charge in [0.15, 0.2) is 0 Å². The Balaban J connectivity index is 1.95. The van der Waals surface area contributed by atoms with Crippen molar-refractivity contribution in [1.29, 1.82) is 0 Å². The average Bonchev–Trinajstić information content (AvgIpc) is 2.89. The Hall–Kier alpha value is -2.63. The van der Waals surface area contributed by atoms with Gasteiger partial charge in [-0.05, 0) is 31.2 Å². The van der Waals surface area contributed by atoms with Crippen LogP contribution in [0.5, 0.6) is 0 Å². The summed E-state index contributed by atoms with van der Waals surface area (Å²) in [5, 5.41) is 0. The van der Waals surface area contributed by atoms with Crippen molar-refractivity contribution < 1.29 is 9.59 Å². The zero-order valence-corrected chi connectivity index (χ0v) is 9.73. The van der Waals surface area contributed by atoms with E-state index in [1.165, 1.54) is 0 Å². The first-order valence-corrected chi connectivity index (χ1v) is 5.34. The number of hydrogen-bond acceptors (Lipinski definition) is 3. The Morgan fingerprint density at radius 2 is 1.89 bits per heavy atom. The van der Waals surface area contributed by atoms with E-state index in [2.05, 4.69) is 20.8 Å². The molecule has 0 unspecified atom stereocenters. The van der Waals surface area contributed by atoms with Crippen molar-refractivity contribution in [3.05, 3.63) is 53.6 Å². The van der Waals surface area contributed by atoms with E-state index in [-0.39, 0.29) is 5.69 Å². The lowest BCUT2D eigenvalue weighted by molar-refractivity contribution is 0.0841. The van der Waals surface area contributed by atoms with Gasteiger partial charge in [0.2, 0.25) is 0 Å². The van der Waals surface area contributed by atoms with Crippen LogP contribution < -0.4 is 10.9 Å². The zero-order chi connectivity index (χ0) is 13.0. The number of aryl methyl sites for hydroxylation is 1. The van der Waals surface area contributed by atoms with Gasteiger partial charge in [-0.25, -0.2) is 4.98 Å². The van der Waals surface area contributed by atoms with Gasteiger partial charge in [0.25, 0.3) is 11.8 Å². The van der Waals surface area contributed by atoms with Gasteiger partial charge in [0.05, 0.1) is 0 Å². The van der Waals surface area contributed by atoms with Crippen LogP contribution in [0.15, 0.2) is 36.5 Å². The molecule has 0 fully saturated rings. The fourth-order valence-corrected chi connectivity index (χ4v) is 1.39. The van der Waals surface area contributed by atoms with Crippen molar-refractivity contribution in [2.24, 2.45) is 0 Å². The lowest BCUT2D eigenvalue weighted by atomic mass is 10.3. The quantitative estimate of drug-likeness (QED) is 0.683. The number of hydrogen-bond donors (Lipinski definition) is 3. The Morgan fingerprint density at radius 1 is 1.11 bits per heavy atom. The summed E-state index contributed by atoms with van der Waals surface area (Å²) < 4.78 is 0. The highest BCUT2D eigenvalue weighted by molar-refractivity contribution is 5.97. The maximum absolute atomic E-state index is 11.7. The van der Waals surface area contributed by atoms with Crippen molar-refractivity contribution in [2.45, 2.75) is 6.92 Å². The number of pyridine rings is 1. The first-order valence-electron chi connectivity index (χ1n) is 5.34. The highest BCUT2D eigenvalue weighted by Gasteiger charge is 2.10. The predicted octanol–water partition coefficient (Wildman–Crippen LogP) is 0.793. The summed E-state index contributed by atoms with van der Waals surface area (Å²) in [5.41, 5.74) is 5.94. The minimum absolute atomic E-state index is 0.252. The van der Waals surface area contributed by atoms with Crippen LogP contribution in [-0.4, -0.2) is 21.8 Å². The number of carbonyl (C=O) groups is 2. The van der Waals surface area contributed by atoms with E-state index in [0.29, 0.717) is 5.69 Å². The molecule has 18 heavy (non-hydrogen) atoms. The molecule has 6 heteroatoms. The van der Waals surface area contributed by atoms with Crippen LogP contribution in [0, 0.1) is 6.92 Å². The second-order valence-corrected chi connectivity index (χ2v) is 3.66. The molecule has 3 N–H and O–H groups in total. The van der Waals surface area contributed by atoms with E-state index >= 15 is 0 Å². The number of nitrogens with one attached hydrogen (secondary N) is 3. The molecule has 2 rings (SSSR count). The van der Waals surface area contributed by atoms with Crippen LogP contribution in [0.3, 0.4) is 0 Å². The molecule has 0 aliphatic carbocycles. The molecule has 92 valence electrons. The van der Waals surface area contributed by atoms with Crippen LogP contribution in [0.4, 0.5) is 0 Å². The molecule has 0 saturated heterocycles. The molecule has 0 aliphatic heterocycles. The molecule has 6 nitrogen and oxygen atoms in total. The molecule has 0 saturated carbocycles. The van der Waals surface area contributed by atoms with E-state index in [1.54, 1.807) is 43.5 Å². The van der Waals surface area contributed by atoms with Crippen LogP contribution in [0.2, 0.25) is 0 Å². The molecular formula is C12H12N4O2. The van der Waals surface area contributed by atoms with Crippen LogP contribution in [0.25, 0.3) is 0 Å². The van der Waals surface area contributed by atoms with Crippen molar-refractivity contribution in [2.75, 3.05) is 0 Å². The summed E-state index contributed by atoms with van der Waals surface area (Å²) >= 11 is 0. The topological polar surface area (TPSA) is 86.9 Å². The third-order valence-electron chi connectivity index (χ3n) is 2.25.